The summed E-state index contributed by atoms with van der Waals surface area (Å²) in [4.78, 5) is 32.8. The Hall–Kier alpha value is -3.84. The normalized spacial score (nSPS) is 15.4. The molecule has 4 aromatic rings. The Morgan fingerprint density at radius 2 is 1.56 bits per heavy atom. The number of phenols is 1. The van der Waals surface area contributed by atoms with Gasteiger partial charge in [0.2, 0.25) is 0 Å². The maximum absolute atomic E-state index is 12.8. The third-order valence-electron chi connectivity index (χ3n) is 8.19. The monoisotopic (exact) mass is 526 g/mol. The largest absolute Gasteiger partial charge is 0.508 e. The molecule has 0 bridgehead atoms. The summed E-state index contributed by atoms with van der Waals surface area (Å²) in [5.41, 5.74) is 4.88. The van der Waals surface area contributed by atoms with E-state index >= 15 is 0 Å². The Bertz CT molecular complexity index is 1440. The van der Waals surface area contributed by atoms with Crippen molar-refractivity contribution in [3.8, 4) is 5.75 Å². The number of nitrogens with one attached hydrogen (secondary N) is 1. The molecule has 2 N–H and O–H groups in total. The zero-order chi connectivity index (χ0) is 27.4. The average Bonchev–Trinajstić information content (AvgIpc) is 3.31. The van der Waals surface area contributed by atoms with E-state index in [1.54, 1.807) is 12.1 Å². The van der Waals surface area contributed by atoms with Gasteiger partial charge in [-0.2, -0.15) is 0 Å². The van der Waals surface area contributed by atoms with Crippen LogP contribution in [0.4, 0.5) is 0 Å². The van der Waals surface area contributed by atoms with Crippen molar-refractivity contribution in [1.29, 1.82) is 0 Å². The Labute approximate surface area is 229 Å². The first-order valence-corrected chi connectivity index (χ1v) is 14.1. The highest BCUT2D eigenvalue weighted by atomic mass is 16.3. The quantitative estimate of drug-likeness (QED) is 0.307. The summed E-state index contributed by atoms with van der Waals surface area (Å²) in [6, 6.07) is 23.6. The number of aromatic amines is 1. The predicted molar refractivity (Wildman–Crippen MR) is 156 cm³/mol. The molecule has 1 aromatic heterocycles. The minimum absolute atomic E-state index is 0.0232. The summed E-state index contributed by atoms with van der Waals surface area (Å²) in [6.45, 7) is 8.20. The SMILES string of the molecule is CCN(CC)C(=O)c1ccc(C(CCN2CCC(n3c(=O)[nH]c4ccccc43)CC2)c2ccc(O)cc2)cc1. The van der Waals surface area contributed by atoms with E-state index in [4.69, 9.17) is 0 Å². The van der Waals surface area contributed by atoms with Gasteiger partial charge in [0, 0.05) is 43.7 Å². The Morgan fingerprint density at radius 3 is 2.21 bits per heavy atom. The fourth-order valence-corrected chi connectivity index (χ4v) is 5.93. The van der Waals surface area contributed by atoms with Gasteiger partial charge in [-0.1, -0.05) is 36.4 Å². The van der Waals surface area contributed by atoms with E-state index in [0.717, 1.165) is 61.1 Å². The smallest absolute Gasteiger partial charge is 0.326 e. The van der Waals surface area contributed by atoms with Crippen molar-refractivity contribution in [1.82, 2.24) is 19.4 Å². The van der Waals surface area contributed by atoms with Crippen LogP contribution in [-0.4, -0.2) is 63.1 Å². The zero-order valence-corrected chi connectivity index (χ0v) is 22.8. The number of hydrogen-bond acceptors (Lipinski definition) is 4. The number of aromatic hydroxyl groups is 1. The lowest BCUT2D eigenvalue weighted by molar-refractivity contribution is 0.0773. The van der Waals surface area contributed by atoms with Gasteiger partial charge < -0.3 is 19.9 Å². The lowest BCUT2D eigenvalue weighted by Gasteiger charge is -2.33. The van der Waals surface area contributed by atoms with Crippen molar-refractivity contribution < 1.29 is 9.90 Å². The minimum Gasteiger partial charge on any atom is -0.508 e. The molecule has 1 atom stereocenters. The molecule has 1 fully saturated rings. The van der Waals surface area contributed by atoms with Crippen LogP contribution in [0.15, 0.2) is 77.6 Å². The molecule has 0 radical (unpaired) electrons. The van der Waals surface area contributed by atoms with Crippen molar-refractivity contribution in [2.24, 2.45) is 0 Å². The van der Waals surface area contributed by atoms with Gasteiger partial charge in [-0.25, -0.2) is 4.79 Å². The maximum Gasteiger partial charge on any atom is 0.326 e. The summed E-state index contributed by atoms with van der Waals surface area (Å²) < 4.78 is 1.94. The third kappa shape index (κ3) is 5.78. The van der Waals surface area contributed by atoms with Crippen LogP contribution in [0.25, 0.3) is 11.0 Å². The van der Waals surface area contributed by atoms with Crippen LogP contribution < -0.4 is 5.69 Å². The fraction of sp³-hybridized carbons (Fsp3) is 0.375. The van der Waals surface area contributed by atoms with Gasteiger partial charge in [-0.05, 0) is 87.2 Å². The van der Waals surface area contributed by atoms with E-state index in [0.29, 0.717) is 18.7 Å². The molecular formula is C32H38N4O3. The number of imidazole rings is 1. The summed E-state index contributed by atoms with van der Waals surface area (Å²) in [6.07, 6.45) is 2.80. The molecule has 3 aromatic carbocycles. The minimum atomic E-state index is -0.0232. The molecule has 0 saturated carbocycles. The van der Waals surface area contributed by atoms with Crippen molar-refractivity contribution in [3.05, 3.63) is 100.0 Å². The second kappa shape index (κ2) is 11.9. The Morgan fingerprint density at radius 1 is 0.949 bits per heavy atom. The maximum atomic E-state index is 12.8. The van der Waals surface area contributed by atoms with E-state index < -0.39 is 0 Å². The first kappa shape index (κ1) is 26.8. The van der Waals surface area contributed by atoms with Gasteiger partial charge in [0.05, 0.1) is 11.0 Å². The lowest BCUT2D eigenvalue weighted by atomic mass is 9.87. The molecule has 1 amide bonds. The standard InChI is InChI=1S/C32H38N4O3/c1-3-35(4-2)31(38)25-11-9-23(10-12-25)28(24-13-15-27(37)16-14-24)19-22-34-20-17-26(18-21-34)36-30-8-6-5-7-29(30)33-32(36)39/h5-16,26,28,37H,3-4,17-22H2,1-2H3,(H,33,39). The molecule has 1 aliphatic rings. The van der Waals surface area contributed by atoms with Gasteiger partial charge in [-0.15, -0.1) is 0 Å². The summed E-state index contributed by atoms with van der Waals surface area (Å²) in [5, 5.41) is 9.85. The van der Waals surface area contributed by atoms with Crippen molar-refractivity contribution in [3.63, 3.8) is 0 Å². The zero-order valence-electron chi connectivity index (χ0n) is 22.8. The number of carbonyl (C=O) groups is 1. The topological polar surface area (TPSA) is 81.6 Å². The van der Waals surface area contributed by atoms with Crippen LogP contribution in [0.5, 0.6) is 5.75 Å². The number of nitrogens with zero attached hydrogens (tertiary/aromatic N) is 3. The highest BCUT2D eigenvalue weighted by Gasteiger charge is 2.25. The molecule has 39 heavy (non-hydrogen) atoms. The van der Waals surface area contributed by atoms with Crippen LogP contribution >= 0.6 is 0 Å². The van der Waals surface area contributed by atoms with E-state index in [2.05, 4.69) is 22.0 Å². The fourth-order valence-electron chi connectivity index (χ4n) is 5.93. The molecule has 2 heterocycles. The molecule has 204 valence electrons. The number of rotatable bonds is 9. The highest BCUT2D eigenvalue weighted by Crippen LogP contribution is 2.31. The van der Waals surface area contributed by atoms with E-state index in [1.165, 1.54) is 0 Å². The number of fused-ring (bicyclic) bond motifs is 1. The van der Waals surface area contributed by atoms with E-state index in [9.17, 15) is 14.7 Å². The average molecular weight is 527 g/mol. The van der Waals surface area contributed by atoms with Gasteiger partial charge in [-0.3, -0.25) is 9.36 Å². The van der Waals surface area contributed by atoms with Crippen LogP contribution in [0.1, 0.15) is 66.6 Å². The lowest BCUT2D eigenvalue weighted by Crippen LogP contribution is -2.37. The first-order chi connectivity index (χ1) is 19.0. The Kier molecular flexibility index (Phi) is 8.17. The number of phenolic OH excluding ortho intramolecular Hbond substituents is 1. The highest BCUT2D eigenvalue weighted by molar-refractivity contribution is 5.94. The van der Waals surface area contributed by atoms with Gasteiger partial charge >= 0.3 is 5.69 Å². The number of likely N-dealkylation sites (tertiary alicyclic amines) is 1. The van der Waals surface area contributed by atoms with Crippen LogP contribution in [0.2, 0.25) is 0 Å². The van der Waals surface area contributed by atoms with E-state index in [-0.39, 0.29) is 29.3 Å². The number of aromatic nitrogens is 2. The summed E-state index contributed by atoms with van der Waals surface area (Å²) in [5.74, 6) is 0.467. The van der Waals surface area contributed by atoms with E-state index in [1.807, 2.05) is 71.8 Å². The number of piperidine rings is 1. The molecule has 5 rings (SSSR count). The molecule has 1 saturated heterocycles. The first-order valence-electron chi connectivity index (χ1n) is 14.1. The molecule has 0 spiro atoms. The summed E-state index contributed by atoms with van der Waals surface area (Å²) in [7, 11) is 0. The molecule has 7 nitrogen and oxygen atoms in total. The van der Waals surface area contributed by atoms with Crippen molar-refractivity contribution in [2.45, 2.75) is 45.1 Å². The third-order valence-corrected chi connectivity index (χ3v) is 8.19. The molecule has 1 aliphatic heterocycles. The summed E-state index contributed by atoms with van der Waals surface area (Å²) >= 11 is 0. The second-order valence-corrected chi connectivity index (χ2v) is 10.4. The Balaban J connectivity index is 1.28. The number of amides is 1. The van der Waals surface area contributed by atoms with Crippen LogP contribution in [0, 0.1) is 0 Å². The molecule has 0 aliphatic carbocycles. The van der Waals surface area contributed by atoms with Crippen LogP contribution in [0.3, 0.4) is 0 Å². The predicted octanol–water partition coefficient (Wildman–Crippen LogP) is 5.38. The van der Waals surface area contributed by atoms with Gasteiger partial charge in [0.1, 0.15) is 5.75 Å². The number of carbonyl (C=O) groups excluding carboxylic acids is 1. The number of benzene rings is 3. The number of hydrogen-bond donors (Lipinski definition) is 2. The number of H-pyrrole nitrogens is 1. The molecule has 1 unspecified atom stereocenters. The number of para-hydroxylation sites is 2. The molecule has 7 heteroatoms. The molecular weight excluding hydrogens is 488 g/mol. The van der Waals surface area contributed by atoms with Crippen molar-refractivity contribution in [2.75, 3.05) is 32.7 Å². The van der Waals surface area contributed by atoms with Crippen molar-refractivity contribution >= 4 is 16.9 Å². The second-order valence-electron chi connectivity index (χ2n) is 10.4. The van der Waals surface area contributed by atoms with Crippen LogP contribution in [-0.2, 0) is 0 Å². The van der Waals surface area contributed by atoms with Gasteiger partial charge in [0.25, 0.3) is 5.91 Å². The van der Waals surface area contributed by atoms with Gasteiger partial charge in [0.15, 0.2) is 0 Å².